The summed E-state index contributed by atoms with van der Waals surface area (Å²) in [6, 6.07) is 8.63. The van der Waals surface area contributed by atoms with Gasteiger partial charge in [-0.3, -0.25) is 9.69 Å². The molecule has 0 radical (unpaired) electrons. The number of rotatable bonds is 4. The lowest BCUT2D eigenvalue weighted by Crippen LogP contribution is -2.22. The minimum atomic E-state index is 0.282. The molecule has 1 unspecified atom stereocenters. The van der Waals surface area contributed by atoms with E-state index in [9.17, 15) is 4.79 Å². The van der Waals surface area contributed by atoms with Crippen molar-refractivity contribution in [1.82, 2.24) is 4.90 Å². The number of nitrogens with zero attached hydrogens (tertiary/aromatic N) is 1. The van der Waals surface area contributed by atoms with Gasteiger partial charge >= 0.3 is 0 Å². The molecule has 1 heterocycles. The number of ketones is 1. The zero-order valence-corrected chi connectivity index (χ0v) is 10.8. The number of benzene rings is 1. The number of Topliss-reactive ketones (excluding diaryl/α,β-unsaturated/α-hetero) is 1. The fourth-order valence-electron chi connectivity index (χ4n) is 2.60. The van der Waals surface area contributed by atoms with Crippen LogP contribution in [0.5, 0.6) is 0 Å². The predicted octanol–water partition coefficient (Wildman–Crippen LogP) is 2.80. The molecule has 0 bridgehead atoms. The molecule has 92 valence electrons. The smallest absolute Gasteiger partial charge is 0.137 e. The van der Waals surface area contributed by atoms with Crippen LogP contribution in [0.15, 0.2) is 24.3 Å². The summed E-state index contributed by atoms with van der Waals surface area (Å²) in [6.45, 7) is 7.07. The van der Waals surface area contributed by atoms with Gasteiger partial charge in [0, 0.05) is 25.4 Å². The zero-order valence-electron chi connectivity index (χ0n) is 10.8. The highest BCUT2D eigenvalue weighted by Gasteiger charge is 2.26. The van der Waals surface area contributed by atoms with Crippen LogP contribution in [0.2, 0.25) is 0 Å². The van der Waals surface area contributed by atoms with Crippen LogP contribution in [0.1, 0.15) is 30.9 Å². The van der Waals surface area contributed by atoms with Crippen LogP contribution in [-0.4, -0.2) is 23.8 Å². The molecule has 1 fully saturated rings. The molecule has 17 heavy (non-hydrogen) atoms. The van der Waals surface area contributed by atoms with Crippen molar-refractivity contribution in [2.45, 2.75) is 33.2 Å². The van der Waals surface area contributed by atoms with Crippen LogP contribution in [0, 0.1) is 12.8 Å². The topological polar surface area (TPSA) is 20.3 Å². The first-order valence-electron chi connectivity index (χ1n) is 6.49. The molecular weight excluding hydrogens is 210 g/mol. The van der Waals surface area contributed by atoms with Gasteiger partial charge in [-0.15, -0.1) is 0 Å². The Balaban J connectivity index is 1.92. The van der Waals surface area contributed by atoms with Gasteiger partial charge in [0.25, 0.3) is 0 Å². The molecule has 2 rings (SSSR count). The molecule has 0 aromatic heterocycles. The maximum atomic E-state index is 11.6. The molecule has 1 saturated heterocycles. The van der Waals surface area contributed by atoms with E-state index in [-0.39, 0.29) is 5.92 Å². The largest absolute Gasteiger partial charge is 0.299 e. The van der Waals surface area contributed by atoms with Crippen LogP contribution < -0.4 is 0 Å². The number of hydrogen-bond donors (Lipinski definition) is 0. The van der Waals surface area contributed by atoms with Gasteiger partial charge in [-0.2, -0.15) is 0 Å². The molecule has 0 amide bonds. The normalized spacial score (nSPS) is 20.7. The van der Waals surface area contributed by atoms with Crippen molar-refractivity contribution >= 4 is 5.78 Å². The molecule has 1 aromatic carbocycles. The van der Waals surface area contributed by atoms with E-state index in [1.807, 2.05) is 6.92 Å². The van der Waals surface area contributed by atoms with Gasteiger partial charge < -0.3 is 0 Å². The van der Waals surface area contributed by atoms with Crippen LogP contribution >= 0.6 is 0 Å². The average Bonchev–Trinajstić information content (AvgIpc) is 2.76. The lowest BCUT2D eigenvalue weighted by molar-refractivity contribution is -0.122. The molecule has 2 nitrogen and oxygen atoms in total. The highest BCUT2D eigenvalue weighted by atomic mass is 16.1. The first-order valence-corrected chi connectivity index (χ1v) is 6.49. The first kappa shape index (κ1) is 12.3. The molecule has 0 spiro atoms. The lowest BCUT2D eigenvalue weighted by Gasteiger charge is -2.15. The monoisotopic (exact) mass is 231 g/mol. The maximum Gasteiger partial charge on any atom is 0.137 e. The van der Waals surface area contributed by atoms with Crippen molar-refractivity contribution in [1.29, 1.82) is 0 Å². The zero-order chi connectivity index (χ0) is 12.3. The standard InChI is InChI=1S/C15H21NO/c1-3-15(17)14-7-8-16(11-14)10-13-6-4-5-12(2)9-13/h4-6,9,14H,3,7-8,10-11H2,1-2H3. The fourth-order valence-corrected chi connectivity index (χ4v) is 2.60. The van der Waals surface area contributed by atoms with Crippen molar-refractivity contribution < 1.29 is 4.79 Å². The van der Waals surface area contributed by atoms with E-state index in [0.29, 0.717) is 12.2 Å². The SMILES string of the molecule is CCC(=O)C1CCN(Cc2cccc(C)c2)C1. The maximum absolute atomic E-state index is 11.6. The quantitative estimate of drug-likeness (QED) is 0.794. The van der Waals surface area contributed by atoms with Gasteiger partial charge in [0.15, 0.2) is 0 Å². The Kier molecular flexibility index (Phi) is 3.95. The molecule has 0 aliphatic carbocycles. The van der Waals surface area contributed by atoms with Crippen LogP contribution in [0.4, 0.5) is 0 Å². The van der Waals surface area contributed by atoms with Gasteiger partial charge in [-0.1, -0.05) is 36.8 Å². The Labute approximate surface area is 104 Å². The number of likely N-dealkylation sites (tertiary alicyclic amines) is 1. The van der Waals surface area contributed by atoms with Gasteiger partial charge in [0.1, 0.15) is 5.78 Å². The van der Waals surface area contributed by atoms with E-state index >= 15 is 0 Å². The van der Waals surface area contributed by atoms with Crippen molar-refractivity contribution in [3.8, 4) is 0 Å². The Morgan fingerprint density at radius 1 is 1.47 bits per heavy atom. The van der Waals surface area contributed by atoms with Crippen molar-refractivity contribution in [2.24, 2.45) is 5.92 Å². The third-order valence-electron chi connectivity index (χ3n) is 3.56. The van der Waals surface area contributed by atoms with Gasteiger partial charge in [-0.25, -0.2) is 0 Å². The summed E-state index contributed by atoms with van der Waals surface area (Å²) in [5.41, 5.74) is 2.66. The van der Waals surface area contributed by atoms with Gasteiger partial charge in [0.2, 0.25) is 0 Å². The van der Waals surface area contributed by atoms with E-state index in [4.69, 9.17) is 0 Å². The summed E-state index contributed by atoms with van der Waals surface area (Å²) >= 11 is 0. The Morgan fingerprint density at radius 3 is 3.00 bits per heavy atom. The molecule has 2 heteroatoms. The fraction of sp³-hybridized carbons (Fsp3) is 0.533. The second-order valence-corrected chi connectivity index (χ2v) is 5.03. The van der Waals surface area contributed by atoms with Crippen LogP contribution in [0.25, 0.3) is 0 Å². The summed E-state index contributed by atoms with van der Waals surface area (Å²) in [5, 5.41) is 0. The summed E-state index contributed by atoms with van der Waals surface area (Å²) in [6.07, 6.45) is 1.72. The molecule has 1 aliphatic heterocycles. The van der Waals surface area contributed by atoms with E-state index in [1.165, 1.54) is 11.1 Å². The van der Waals surface area contributed by atoms with Crippen molar-refractivity contribution in [3.05, 3.63) is 35.4 Å². The molecule has 0 saturated carbocycles. The second-order valence-electron chi connectivity index (χ2n) is 5.03. The summed E-state index contributed by atoms with van der Waals surface area (Å²) in [4.78, 5) is 14.0. The Hall–Kier alpha value is -1.15. The highest BCUT2D eigenvalue weighted by molar-refractivity contribution is 5.81. The predicted molar refractivity (Wildman–Crippen MR) is 69.9 cm³/mol. The third-order valence-corrected chi connectivity index (χ3v) is 3.56. The average molecular weight is 231 g/mol. The summed E-state index contributed by atoms with van der Waals surface area (Å²) in [7, 11) is 0. The van der Waals surface area contributed by atoms with Crippen LogP contribution in [0.3, 0.4) is 0 Å². The summed E-state index contributed by atoms with van der Waals surface area (Å²) < 4.78 is 0. The number of carbonyl (C=O) groups is 1. The second kappa shape index (κ2) is 5.46. The van der Waals surface area contributed by atoms with Crippen LogP contribution in [-0.2, 0) is 11.3 Å². The van der Waals surface area contributed by atoms with E-state index in [1.54, 1.807) is 0 Å². The molecule has 0 N–H and O–H groups in total. The van der Waals surface area contributed by atoms with Gasteiger partial charge in [-0.05, 0) is 25.5 Å². The molecule has 1 aromatic rings. The van der Waals surface area contributed by atoms with E-state index in [0.717, 1.165) is 26.1 Å². The van der Waals surface area contributed by atoms with Gasteiger partial charge in [0.05, 0.1) is 0 Å². The van der Waals surface area contributed by atoms with E-state index in [2.05, 4.69) is 36.1 Å². The minimum Gasteiger partial charge on any atom is -0.299 e. The number of aryl methyl sites for hydroxylation is 1. The van der Waals surface area contributed by atoms with Crippen molar-refractivity contribution in [3.63, 3.8) is 0 Å². The van der Waals surface area contributed by atoms with E-state index < -0.39 is 0 Å². The number of hydrogen-bond acceptors (Lipinski definition) is 2. The molecule has 1 atom stereocenters. The Morgan fingerprint density at radius 2 is 2.29 bits per heavy atom. The molecular formula is C15H21NO. The minimum absolute atomic E-state index is 0.282. The van der Waals surface area contributed by atoms with Crippen molar-refractivity contribution in [2.75, 3.05) is 13.1 Å². The first-order chi connectivity index (χ1) is 8.19. The number of carbonyl (C=O) groups excluding carboxylic acids is 1. The Bertz CT molecular complexity index is 400. The third kappa shape index (κ3) is 3.16. The summed E-state index contributed by atoms with van der Waals surface area (Å²) in [5.74, 6) is 0.710. The lowest BCUT2D eigenvalue weighted by atomic mass is 10.0. The highest BCUT2D eigenvalue weighted by Crippen LogP contribution is 2.20. The molecule has 1 aliphatic rings.